The van der Waals surface area contributed by atoms with Crippen LogP contribution in [-0.2, 0) is 4.74 Å². The van der Waals surface area contributed by atoms with Gasteiger partial charge in [-0.1, -0.05) is 0 Å². The van der Waals surface area contributed by atoms with Crippen LogP contribution in [0.5, 0.6) is 0 Å². The molecule has 0 spiro atoms. The second kappa shape index (κ2) is 8.17. The maximum absolute atomic E-state index is 14.1. The van der Waals surface area contributed by atoms with Crippen LogP contribution in [0.15, 0.2) is 18.2 Å². The van der Waals surface area contributed by atoms with Gasteiger partial charge < -0.3 is 10.1 Å². The number of rotatable bonds is 6. The molecule has 1 aliphatic heterocycles. The number of nitrogens with one attached hydrogen (secondary N) is 1. The number of nitrogens with zero attached hydrogens (tertiary/aromatic N) is 2. The van der Waals surface area contributed by atoms with E-state index in [0.717, 1.165) is 38.4 Å². The number of amides is 1. The van der Waals surface area contributed by atoms with Crippen LogP contribution in [0.25, 0.3) is 5.69 Å². The zero-order valence-electron chi connectivity index (χ0n) is 15.9. The first-order valence-corrected chi connectivity index (χ1v) is 9.31. The van der Waals surface area contributed by atoms with Crippen LogP contribution >= 0.6 is 0 Å². The first kappa shape index (κ1) is 19.5. The van der Waals surface area contributed by atoms with Crippen molar-refractivity contribution in [2.75, 3.05) is 6.61 Å². The molecule has 1 amide bonds. The van der Waals surface area contributed by atoms with E-state index in [1.807, 2.05) is 6.92 Å². The summed E-state index contributed by atoms with van der Waals surface area (Å²) in [6.07, 6.45) is 4.21. The number of hydrogen-bond donors (Lipinski definition) is 1. The van der Waals surface area contributed by atoms with Crippen molar-refractivity contribution in [2.45, 2.75) is 58.6 Å². The van der Waals surface area contributed by atoms with E-state index >= 15 is 0 Å². The SMILES string of the molecule is Cc1nn(-c2ccc(F)cc2F)c(C)c1C(=O)NC(C)CCC1CCCO1. The zero-order valence-corrected chi connectivity index (χ0v) is 15.9. The van der Waals surface area contributed by atoms with E-state index in [2.05, 4.69) is 10.4 Å². The molecule has 1 aromatic heterocycles. The lowest BCUT2D eigenvalue weighted by molar-refractivity contribution is 0.0898. The fourth-order valence-electron chi connectivity index (χ4n) is 3.53. The fourth-order valence-corrected chi connectivity index (χ4v) is 3.53. The van der Waals surface area contributed by atoms with Gasteiger partial charge in [-0.3, -0.25) is 4.79 Å². The van der Waals surface area contributed by atoms with Crippen LogP contribution in [-0.4, -0.2) is 34.4 Å². The summed E-state index contributed by atoms with van der Waals surface area (Å²) in [5.74, 6) is -1.62. The van der Waals surface area contributed by atoms with Crippen molar-refractivity contribution in [3.63, 3.8) is 0 Å². The van der Waals surface area contributed by atoms with Gasteiger partial charge in [-0.25, -0.2) is 13.5 Å². The fraction of sp³-hybridized carbons (Fsp3) is 0.500. The van der Waals surface area contributed by atoms with E-state index in [4.69, 9.17) is 4.74 Å². The van der Waals surface area contributed by atoms with Crippen LogP contribution < -0.4 is 5.32 Å². The Morgan fingerprint density at radius 2 is 2.19 bits per heavy atom. The molecule has 1 aromatic carbocycles. The zero-order chi connectivity index (χ0) is 19.6. The van der Waals surface area contributed by atoms with Crippen molar-refractivity contribution in [2.24, 2.45) is 0 Å². The van der Waals surface area contributed by atoms with Gasteiger partial charge in [0.2, 0.25) is 0 Å². The molecule has 0 aliphatic carbocycles. The van der Waals surface area contributed by atoms with E-state index in [0.29, 0.717) is 17.0 Å². The molecule has 1 aliphatic rings. The van der Waals surface area contributed by atoms with Gasteiger partial charge in [0, 0.05) is 18.7 Å². The normalized spacial score (nSPS) is 17.9. The molecule has 146 valence electrons. The third kappa shape index (κ3) is 4.35. The summed E-state index contributed by atoms with van der Waals surface area (Å²) in [5.41, 5.74) is 1.55. The molecule has 1 saturated heterocycles. The average Bonchev–Trinajstić information content (AvgIpc) is 3.21. The van der Waals surface area contributed by atoms with Gasteiger partial charge in [-0.15, -0.1) is 0 Å². The quantitative estimate of drug-likeness (QED) is 0.832. The molecule has 2 heterocycles. The Bertz CT molecular complexity index is 829. The molecule has 2 aromatic rings. The minimum atomic E-state index is -0.725. The number of aromatic nitrogens is 2. The standard InChI is InChI=1S/C20H25F2N3O2/c1-12(6-8-16-5-4-10-27-16)23-20(26)19-13(2)24-25(14(19)3)18-9-7-15(21)11-17(18)22/h7,9,11-12,16H,4-6,8,10H2,1-3H3,(H,23,26). The molecule has 5 nitrogen and oxygen atoms in total. The number of halogens is 2. The maximum atomic E-state index is 14.1. The van der Waals surface area contributed by atoms with Crippen LogP contribution in [0.1, 0.15) is 54.4 Å². The van der Waals surface area contributed by atoms with Gasteiger partial charge in [0.25, 0.3) is 5.91 Å². The van der Waals surface area contributed by atoms with Crippen molar-refractivity contribution in [1.29, 1.82) is 0 Å². The predicted molar refractivity (Wildman–Crippen MR) is 98.1 cm³/mol. The van der Waals surface area contributed by atoms with Crippen LogP contribution in [0.2, 0.25) is 0 Å². The molecule has 0 radical (unpaired) electrons. The lowest BCUT2D eigenvalue weighted by Crippen LogP contribution is -2.33. The highest BCUT2D eigenvalue weighted by Gasteiger charge is 2.23. The summed E-state index contributed by atoms with van der Waals surface area (Å²) >= 11 is 0. The van der Waals surface area contributed by atoms with Gasteiger partial charge >= 0.3 is 0 Å². The molecule has 0 saturated carbocycles. The largest absolute Gasteiger partial charge is 0.378 e. The molecule has 1 fully saturated rings. The topological polar surface area (TPSA) is 56.2 Å². The number of carbonyl (C=O) groups is 1. The van der Waals surface area contributed by atoms with Crippen molar-refractivity contribution >= 4 is 5.91 Å². The maximum Gasteiger partial charge on any atom is 0.255 e. The van der Waals surface area contributed by atoms with E-state index in [1.54, 1.807) is 13.8 Å². The predicted octanol–water partition coefficient (Wildman–Crippen LogP) is 3.84. The minimum absolute atomic E-state index is 0.00796. The van der Waals surface area contributed by atoms with E-state index < -0.39 is 11.6 Å². The van der Waals surface area contributed by atoms with Gasteiger partial charge in [-0.2, -0.15) is 5.10 Å². The first-order valence-electron chi connectivity index (χ1n) is 9.31. The molecule has 2 unspecified atom stereocenters. The van der Waals surface area contributed by atoms with Gasteiger partial charge in [0.05, 0.1) is 23.1 Å². The first-order chi connectivity index (χ1) is 12.9. The summed E-state index contributed by atoms with van der Waals surface area (Å²) in [7, 11) is 0. The van der Waals surface area contributed by atoms with E-state index in [9.17, 15) is 13.6 Å². The number of carbonyl (C=O) groups excluding carboxylic acids is 1. The van der Waals surface area contributed by atoms with Gasteiger partial charge in [0.1, 0.15) is 11.5 Å². The molecule has 27 heavy (non-hydrogen) atoms. The summed E-state index contributed by atoms with van der Waals surface area (Å²) in [6, 6.07) is 3.28. The lowest BCUT2D eigenvalue weighted by Gasteiger charge is -2.16. The van der Waals surface area contributed by atoms with Gasteiger partial charge in [-0.05, 0) is 58.6 Å². The number of aryl methyl sites for hydroxylation is 1. The Kier molecular flexibility index (Phi) is 5.89. The number of ether oxygens (including phenoxy) is 1. The van der Waals surface area contributed by atoms with Crippen molar-refractivity contribution in [3.8, 4) is 5.69 Å². The highest BCUT2D eigenvalue weighted by molar-refractivity contribution is 5.96. The molecular formula is C20H25F2N3O2. The molecule has 0 bridgehead atoms. The summed E-state index contributed by atoms with van der Waals surface area (Å²) in [6.45, 7) is 6.19. The summed E-state index contributed by atoms with van der Waals surface area (Å²) < 4.78 is 34.2. The van der Waals surface area contributed by atoms with Crippen LogP contribution in [0, 0.1) is 25.5 Å². The second-order valence-electron chi connectivity index (χ2n) is 7.14. The molecule has 2 atom stereocenters. The van der Waals surface area contributed by atoms with E-state index in [1.165, 1.54) is 16.8 Å². The molecule has 7 heteroatoms. The molecular weight excluding hydrogens is 352 g/mol. The van der Waals surface area contributed by atoms with Crippen LogP contribution in [0.4, 0.5) is 8.78 Å². The lowest BCUT2D eigenvalue weighted by atomic mass is 10.1. The Balaban J connectivity index is 1.72. The minimum Gasteiger partial charge on any atom is -0.378 e. The van der Waals surface area contributed by atoms with Gasteiger partial charge in [0.15, 0.2) is 5.82 Å². The van der Waals surface area contributed by atoms with Crippen molar-refractivity contribution in [3.05, 3.63) is 46.8 Å². The third-order valence-electron chi connectivity index (χ3n) is 4.98. The van der Waals surface area contributed by atoms with Crippen LogP contribution in [0.3, 0.4) is 0 Å². The highest BCUT2D eigenvalue weighted by Crippen LogP contribution is 2.22. The summed E-state index contributed by atoms with van der Waals surface area (Å²) in [5, 5.41) is 7.27. The monoisotopic (exact) mass is 377 g/mol. The van der Waals surface area contributed by atoms with E-state index in [-0.39, 0.29) is 23.7 Å². The number of benzene rings is 1. The second-order valence-corrected chi connectivity index (χ2v) is 7.14. The number of hydrogen-bond acceptors (Lipinski definition) is 3. The third-order valence-corrected chi connectivity index (χ3v) is 4.98. The Labute approximate surface area is 157 Å². The smallest absolute Gasteiger partial charge is 0.255 e. The molecule has 1 N–H and O–H groups in total. The Morgan fingerprint density at radius 3 is 2.85 bits per heavy atom. The Hall–Kier alpha value is -2.28. The van der Waals surface area contributed by atoms with Crippen molar-refractivity contribution in [1.82, 2.24) is 15.1 Å². The molecule has 3 rings (SSSR count). The Morgan fingerprint density at radius 1 is 1.41 bits per heavy atom. The van der Waals surface area contributed by atoms with Crippen molar-refractivity contribution < 1.29 is 18.3 Å². The summed E-state index contributed by atoms with van der Waals surface area (Å²) in [4.78, 5) is 12.7. The average molecular weight is 377 g/mol. The highest BCUT2D eigenvalue weighted by atomic mass is 19.1.